The van der Waals surface area contributed by atoms with Crippen molar-refractivity contribution in [2.75, 3.05) is 0 Å². The minimum Gasteiger partial charge on any atom is -0.478 e. The maximum atomic E-state index is 12.0. The molecule has 0 spiro atoms. The van der Waals surface area contributed by atoms with Gasteiger partial charge in [0, 0.05) is 5.56 Å². The summed E-state index contributed by atoms with van der Waals surface area (Å²) in [7, 11) is 0. The fourth-order valence-corrected chi connectivity index (χ4v) is 1.75. The van der Waals surface area contributed by atoms with Crippen molar-refractivity contribution < 1.29 is 23.4 Å². The van der Waals surface area contributed by atoms with Crippen LogP contribution in [-0.2, 0) is 0 Å². The molecular weight excluding hydrogens is 268 g/mol. The molecule has 0 aliphatic carbocycles. The van der Waals surface area contributed by atoms with Crippen molar-refractivity contribution in [2.45, 2.75) is 13.5 Å². The van der Waals surface area contributed by atoms with E-state index in [2.05, 4.69) is 9.72 Å². The second kappa shape index (κ2) is 5.64. The molecule has 1 heterocycles. The van der Waals surface area contributed by atoms with Gasteiger partial charge in [-0.25, -0.2) is 4.79 Å². The van der Waals surface area contributed by atoms with E-state index in [4.69, 9.17) is 5.11 Å². The summed E-state index contributed by atoms with van der Waals surface area (Å²) >= 11 is 0. The number of ether oxygens (including phenoxy) is 1. The molecule has 20 heavy (non-hydrogen) atoms. The number of hydrogen-bond donors (Lipinski definition) is 1. The minimum absolute atomic E-state index is 0.0580. The Balaban J connectivity index is 2.28. The van der Waals surface area contributed by atoms with E-state index in [9.17, 15) is 13.6 Å². The number of carbonyl (C=O) groups is 1. The highest BCUT2D eigenvalue weighted by atomic mass is 19.3. The number of halogens is 2. The van der Waals surface area contributed by atoms with Crippen molar-refractivity contribution >= 4 is 5.97 Å². The molecule has 0 amide bonds. The highest BCUT2D eigenvalue weighted by molar-refractivity contribution is 5.89. The Bertz CT molecular complexity index is 627. The highest BCUT2D eigenvalue weighted by Crippen LogP contribution is 2.23. The SMILES string of the molecule is Cc1nc(-c2ccc(OC(F)F)cc2)ccc1C(=O)O. The van der Waals surface area contributed by atoms with E-state index in [0.717, 1.165) is 0 Å². The van der Waals surface area contributed by atoms with Crippen molar-refractivity contribution in [1.82, 2.24) is 4.98 Å². The Hall–Kier alpha value is -2.50. The quantitative estimate of drug-likeness (QED) is 0.932. The normalized spacial score (nSPS) is 10.6. The van der Waals surface area contributed by atoms with Gasteiger partial charge in [-0.3, -0.25) is 4.98 Å². The van der Waals surface area contributed by atoms with Crippen LogP contribution < -0.4 is 4.74 Å². The van der Waals surface area contributed by atoms with Gasteiger partial charge in [0.15, 0.2) is 0 Å². The topological polar surface area (TPSA) is 59.4 Å². The third-order valence-corrected chi connectivity index (χ3v) is 2.69. The number of carboxylic acid groups (broad SMARTS) is 1. The molecule has 0 radical (unpaired) electrons. The van der Waals surface area contributed by atoms with E-state index in [0.29, 0.717) is 17.0 Å². The molecule has 4 nitrogen and oxygen atoms in total. The average Bonchev–Trinajstić information content (AvgIpc) is 2.38. The van der Waals surface area contributed by atoms with Crippen LogP contribution in [0.5, 0.6) is 5.75 Å². The number of benzene rings is 1. The Morgan fingerprint density at radius 1 is 1.20 bits per heavy atom. The molecule has 1 N–H and O–H groups in total. The summed E-state index contributed by atoms with van der Waals surface area (Å²) in [4.78, 5) is 15.1. The van der Waals surface area contributed by atoms with Gasteiger partial charge in [-0.2, -0.15) is 8.78 Å². The largest absolute Gasteiger partial charge is 0.478 e. The number of pyridine rings is 1. The van der Waals surface area contributed by atoms with E-state index in [1.165, 1.54) is 18.2 Å². The fourth-order valence-electron chi connectivity index (χ4n) is 1.75. The van der Waals surface area contributed by atoms with Crippen LogP contribution in [0.15, 0.2) is 36.4 Å². The van der Waals surface area contributed by atoms with Crippen molar-refractivity contribution in [3.8, 4) is 17.0 Å². The highest BCUT2D eigenvalue weighted by Gasteiger charge is 2.10. The zero-order valence-corrected chi connectivity index (χ0v) is 10.5. The van der Waals surface area contributed by atoms with Crippen molar-refractivity contribution in [3.05, 3.63) is 47.7 Å². The number of hydrogen-bond acceptors (Lipinski definition) is 3. The molecule has 0 saturated heterocycles. The molecule has 0 aliphatic heterocycles. The smallest absolute Gasteiger partial charge is 0.387 e. The van der Waals surface area contributed by atoms with Crippen LogP contribution in [0.3, 0.4) is 0 Å². The maximum Gasteiger partial charge on any atom is 0.387 e. The van der Waals surface area contributed by atoms with Gasteiger partial charge in [0.1, 0.15) is 5.75 Å². The summed E-state index contributed by atoms with van der Waals surface area (Å²) in [5, 5.41) is 8.92. The standard InChI is InChI=1S/C14H11F2NO3/c1-8-11(13(18)19)6-7-12(17-8)9-2-4-10(5-3-9)20-14(15)16/h2-7,14H,1H3,(H,18,19). The number of aromatic carboxylic acids is 1. The van der Waals surface area contributed by atoms with E-state index in [-0.39, 0.29) is 11.3 Å². The lowest BCUT2D eigenvalue weighted by Crippen LogP contribution is -2.02. The molecule has 0 atom stereocenters. The van der Waals surface area contributed by atoms with Crippen LogP contribution in [0.4, 0.5) is 8.78 Å². The zero-order chi connectivity index (χ0) is 14.7. The van der Waals surface area contributed by atoms with Crippen molar-refractivity contribution in [3.63, 3.8) is 0 Å². The second-order valence-corrected chi connectivity index (χ2v) is 4.04. The van der Waals surface area contributed by atoms with Crippen LogP contribution in [0.2, 0.25) is 0 Å². The van der Waals surface area contributed by atoms with E-state index in [1.54, 1.807) is 25.1 Å². The Kier molecular flexibility index (Phi) is 3.93. The summed E-state index contributed by atoms with van der Waals surface area (Å²) in [5.41, 5.74) is 1.78. The van der Waals surface area contributed by atoms with Crippen LogP contribution in [0, 0.1) is 6.92 Å². The summed E-state index contributed by atoms with van der Waals surface area (Å²) in [6.07, 6.45) is 0. The van der Waals surface area contributed by atoms with Gasteiger partial charge in [-0.15, -0.1) is 0 Å². The molecule has 0 saturated carbocycles. The number of alkyl halides is 2. The van der Waals surface area contributed by atoms with Crippen molar-refractivity contribution in [1.29, 1.82) is 0 Å². The Morgan fingerprint density at radius 2 is 1.85 bits per heavy atom. The monoisotopic (exact) mass is 279 g/mol. The molecule has 0 aliphatic rings. The molecule has 1 aromatic carbocycles. The molecule has 0 bridgehead atoms. The number of aromatic nitrogens is 1. The maximum absolute atomic E-state index is 12.0. The Morgan fingerprint density at radius 3 is 2.35 bits per heavy atom. The summed E-state index contributed by atoms with van der Waals surface area (Å²) in [5.74, 6) is -0.982. The van der Waals surface area contributed by atoms with Gasteiger partial charge >= 0.3 is 12.6 Å². The Labute approximate surface area is 113 Å². The minimum atomic E-state index is -2.86. The molecule has 0 fully saturated rings. The number of aryl methyl sites for hydroxylation is 1. The van der Waals surface area contributed by atoms with E-state index in [1.807, 2.05) is 0 Å². The number of nitrogens with zero attached hydrogens (tertiary/aromatic N) is 1. The van der Waals surface area contributed by atoms with E-state index >= 15 is 0 Å². The van der Waals surface area contributed by atoms with E-state index < -0.39 is 12.6 Å². The van der Waals surface area contributed by atoms with Gasteiger partial charge in [-0.1, -0.05) is 0 Å². The first-order valence-corrected chi connectivity index (χ1v) is 5.73. The summed E-state index contributed by atoms with van der Waals surface area (Å²) < 4.78 is 28.3. The van der Waals surface area contributed by atoms with Gasteiger partial charge < -0.3 is 9.84 Å². The number of carboxylic acids is 1. The average molecular weight is 279 g/mol. The molecule has 2 rings (SSSR count). The van der Waals surface area contributed by atoms with Gasteiger partial charge in [0.05, 0.1) is 17.0 Å². The van der Waals surface area contributed by atoms with Gasteiger partial charge in [0.25, 0.3) is 0 Å². The lowest BCUT2D eigenvalue weighted by Gasteiger charge is -2.07. The lowest BCUT2D eigenvalue weighted by molar-refractivity contribution is -0.0498. The first kappa shape index (κ1) is 13.9. The first-order valence-electron chi connectivity index (χ1n) is 5.73. The van der Waals surface area contributed by atoms with Crippen LogP contribution >= 0.6 is 0 Å². The van der Waals surface area contributed by atoms with Gasteiger partial charge in [-0.05, 0) is 43.3 Å². The third kappa shape index (κ3) is 3.09. The first-order chi connectivity index (χ1) is 9.47. The molecule has 104 valence electrons. The summed E-state index contributed by atoms with van der Waals surface area (Å²) in [6.45, 7) is -1.27. The molecular formula is C14H11F2NO3. The summed E-state index contributed by atoms with van der Waals surface area (Å²) in [6, 6.07) is 9.01. The van der Waals surface area contributed by atoms with Gasteiger partial charge in [0.2, 0.25) is 0 Å². The predicted octanol–water partition coefficient (Wildman–Crippen LogP) is 3.36. The molecule has 6 heteroatoms. The van der Waals surface area contributed by atoms with Crippen LogP contribution in [-0.4, -0.2) is 22.7 Å². The third-order valence-electron chi connectivity index (χ3n) is 2.69. The molecule has 2 aromatic rings. The van der Waals surface area contributed by atoms with Crippen molar-refractivity contribution in [2.24, 2.45) is 0 Å². The lowest BCUT2D eigenvalue weighted by atomic mass is 10.1. The molecule has 1 aromatic heterocycles. The fraction of sp³-hybridized carbons (Fsp3) is 0.143. The van der Waals surface area contributed by atoms with Crippen LogP contribution in [0.25, 0.3) is 11.3 Å². The predicted molar refractivity (Wildman–Crippen MR) is 68.0 cm³/mol. The number of rotatable bonds is 4. The second-order valence-electron chi connectivity index (χ2n) is 4.04. The molecule has 0 unspecified atom stereocenters. The zero-order valence-electron chi connectivity index (χ0n) is 10.5. The van der Waals surface area contributed by atoms with Crippen LogP contribution in [0.1, 0.15) is 16.1 Å².